The van der Waals surface area contributed by atoms with E-state index < -0.39 is 11.6 Å². The molecule has 1 aromatic rings. The fraction of sp³-hybridized carbons (Fsp3) is 0.400. The summed E-state index contributed by atoms with van der Waals surface area (Å²) in [5, 5.41) is 0.322. The van der Waals surface area contributed by atoms with Gasteiger partial charge < -0.3 is 10.5 Å². The van der Waals surface area contributed by atoms with Gasteiger partial charge in [0.15, 0.2) is 5.69 Å². The second-order valence-corrected chi connectivity index (χ2v) is 4.50. The topological polar surface area (TPSA) is 65.2 Å². The highest BCUT2D eigenvalue weighted by atomic mass is 35.5. The Bertz CT molecular complexity index is 385. The quantitative estimate of drug-likeness (QED) is 0.749. The van der Waals surface area contributed by atoms with E-state index in [-0.39, 0.29) is 5.69 Å². The number of carbonyl (C=O) groups is 1. The van der Waals surface area contributed by atoms with Gasteiger partial charge in [0, 0.05) is 6.20 Å². The standard InChI is InChI=1S/C10H13ClN2O2/c1-10(2,3)15-9(14)8-4-7(12)6(11)5-13-8/h4-5H,1-3H3,(H2,12,13). The largest absolute Gasteiger partial charge is 0.455 e. The first-order chi connectivity index (χ1) is 6.79. The molecule has 1 rings (SSSR count). The molecule has 82 valence electrons. The van der Waals surface area contributed by atoms with Crippen molar-refractivity contribution in [1.29, 1.82) is 0 Å². The smallest absolute Gasteiger partial charge is 0.357 e. The van der Waals surface area contributed by atoms with Gasteiger partial charge in [0.1, 0.15) is 5.60 Å². The summed E-state index contributed by atoms with van der Waals surface area (Å²) in [6.07, 6.45) is 1.33. The monoisotopic (exact) mass is 228 g/mol. The van der Waals surface area contributed by atoms with Crippen molar-refractivity contribution in [3.05, 3.63) is 23.0 Å². The van der Waals surface area contributed by atoms with E-state index in [1.165, 1.54) is 12.3 Å². The van der Waals surface area contributed by atoms with Crippen LogP contribution in [0.2, 0.25) is 5.02 Å². The molecule has 0 aliphatic heterocycles. The van der Waals surface area contributed by atoms with Crippen molar-refractivity contribution in [2.75, 3.05) is 5.73 Å². The minimum absolute atomic E-state index is 0.159. The molecule has 0 spiro atoms. The van der Waals surface area contributed by atoms with Gasteiger partial charge in [0.25, 0.3) is 0 Å². The third-order valence-corrected chi connectivity index (χ3v) is 1.81. The molecule has 0 aliphatic rings. The van der Waals surface area contributed by atoms with Crippen molar-refractivity contribution in [2.45, 2.75) is 26.4 Å². The number of nitrogens with two attached hydrogens (primary N) is 1. The van der Waals surface area contributed by atoms with Crippen molar-refractivity contribution in [1.82, 2.24) is 4.98 Å². The van der Waals surface area contributed by atoms with Crippen LogP contribution in [0.5, 0.6) is 0 Å². The Labute approximate surface area is 93.4 Å². The third kappa shape index (κ3) is 3.40. The van der Waals surface area contributed by atoms with Crippen LogP contribution in [0.15, 0.2) is 12.3 Å². The van der Waals surface area contributed by atoms with Gasteiger partial charge in [-0.2, -0.15) is 0 Å². The zero-order chi connectivity index (χ0) is 11.6. The number of hydrogen-bond acceptors (Lipinski definition) is 4. The van der Waals surface area contributed by atoms with Gasteiger partial charge in [-0.1, -0.05) is 11.6 Å². The summed E-state index contributed by atoms with van der Waals surface area (Å²) in [7, 11) is 0. The molecule has 0 aliphatic carbocycles. The Hall–Kier alpha value is -1.29. The lowest BCUT2D eigenvalue weighted by Crippen LogP contribution is -2.24. The lowest BCUT2D eigenvalue weighted by Gasteiger charge is -2.19. The molecule has 0 saturated heterocycles. The van der Waals surface area contributed by atoms with Gasteiger partial charge in [0.05, 0.1) is 10.7 Å². The first kappa shape index (κ1) is 11.8. The summed E-state index contributed by atoms with van der Waals surface area (Å²) in [5.74, 6) is -0.508. The second-order valence-electron chi connectivity index (χ2n) is 4.09. The molecule has 0 fully saturated rings. The molecule has 1 heterocycles. The molecule has 0 aromatic carbocycles. The molecule has 1 aromatic heterocycles. The highest BCUT2D eigenvalue weighted by Crippen LogP contribution is 2.19. The van der Waals surface area contributed by atoms with Crippen LogP contribution in [0.4, 0.5) is 5.69 Å². The Morgan fingerprint density at radius 1 is 1.53 bits per heavy atom. The van der Waals surface area contributed by atoms with Crippen molar-refractivity contribution in [2.24, 2.45) is 0 Å². The number of pyridine rings is 1. The molecule has 5 heteroatoms. The molecule has 15 heavy (non-hydrogen) atoms. The van der Waals surface area contributed by atoms with E-state index in [4.69, 9.17) is 22.1 Å². The molecule has 2 N–H and O–H groups in total. The molecule has 0 radical (unpaired) electrons. The average Bonchev–Trinajstić information content (AvgIpc) is 2.06. The zero-order valence-corrected chi connectivity index (χ0v) is 9.63. The normalized spacial score (nSPS) is 11.2. The van der Waals surface area contributed by atoms with Crippen LogP contribution in [0.1, 0.15) is 31.3 Å². The lowest BCUT2D eigenvalue weighted by molar-refractivity contribution is 0.00629. The number of halogens is 1. The number of esters is 1. The SMILES string of the molecule is CC(C)(C)OC(=O)c1cc(N)c(Cl)cn1. The predicted octanol–water partition coefficient (Wildman–Crippen LogP) is 2.27. The van der Waals surface area contributed by atoms with Crippen molar-refractivity contribution >= 4 is 23.3 Å². The summed E-state index contributed by atoms with van der Waals surface area (Å²) in [4.78, 5) is 15.4. The zero-order valence-electron chi connectivity index (χ0n) is 8.87. The van der Waals surface area contributed by atoms with Gasteiger partial charge in [-0.25, -0.2) is 9.78 Å². The maximum Gasteiger partial charge on any atom is 0.357 e. The number of hydrogen-bond donors (Lipinski definition) is 1. The Balaban J connectivity index is 2.88. The first-order valence-corrected chi connectivity index (χ1v) is 4.82. The molecular formula is C10H13ClN2O2. The number of rotatable bonds is 1. The second kappa shape index (κ2) is 4.06. The van der Waals surface area contributed by atoms with Crippen LogP contribution in [-0.2, 0) is 4.74 Å². The minimum Gasteiger partial charge on any atom is -0.455 e. The van der Waals surface area contributed by atoms with Crippen LogP contribution in [0.3, 0.4) is 0 Å². The number of carbonyl (C=O) groups excluding carboxylic acids is 1. The molecule has 4 nitrogen and oxygen atoms in total. The number of nitrogen functional groups attached to an aromatic ring is 1. The Morgan fingerprint density at radius 3 is 2.60 bits per heavy atom. The van der Waals surface area contributed by atoms with E-state index in [9.17, 15) is 4.79 Å². The van der Waals surface area contributed by atoms with Gasteiger partial charge >= 0.3 is 5.97 Å². The molecule has 0 atom stereocenters. The Morgan fingerprint density at radius 2 is 2.13 bits per heavy atom. The molecule has 0 saturated carbocycles. The summed E-state index contributed by atoms with van der Waals surface area (Å²) < 4.78 is 5.12. The van der Waals surface area contributed by atoms with Crippen LogP contribution < -0.4 is 5.73 Å². The van der Waals surface area contributed by atoms with E-state index in [0.717, 1.165) is 0 Å². The van der Waals surface area contributed by atoms with Crippen LogP contribution in [-0.4, -0.2) is 16.6 Å². The van der Waals surface area contributed by atoms with Crippen molar-refractivity contribution in [3.63, 3.8) is 0 Å². The summed E-state index contributed by atoms with van der Waals surface area (Å²) in [6, 6.07) is 1.40. The van der Waals surface area contributed by atoms with Crippen molar-refractivity contribution < 1.29 is 9.53 Å². The van der Waals surface area contributed by atoms with Crippen LogP contribution in [0.25, 0.3) is 0 Å². The van der Waals surface area contributed by atoms with E-state index in [1.54, 1.807) is 20.8 Å². The maximum atomic E-state index is 11.5. The Kier molecular flexibility index (Phi) is 3.19. The summed E-state index contributed by atoms with van der Waals surface area (Å²) in [5.41, 5.74) is 5.47. The van der Waals surface area contributed by atoms with Gasteiger partial charge in [0.2, 0.25) is 0 Å². The molecule has 0 bridgehead atoms. The van der Waals surface area contributed by atoms with E-state index in [1.807, 2.05) is 0 Å². The highest BCUT2D eigenvalue weighted by Gasteiger charge is 2.19. The fourth-order valence-electron chi connectivity index (χ4n) is 0.896. The summed E-state index contributed by atoms with van der Waals surface area (Å²) >= 11 is 5.68. The number of ether oxygens (including phenoxy) is 1. The number of anilines is 1. The number of nitrogens with zero attached hydrogens (tertiary/aromatic N) is 1. The molecule has 0 amide bonds. The highest BCUT2D eigenvalue weighted by molar-refractivity contribution is 6.33. The van der Waals surface area contributed by atoms with E-state index in [2.05, 4.69) is 4.98 Å². The fourth-order valence-corrected chi connectivity index (χ4v) is 1.000. The summed E-state index contributed by atoms with van der Waals surface area (Å²) in [6.45, 7) is 5.35. The maximum absolute atomic E-state index is 11.5. The first-order valence-electron chi connectivity index (χ1n) is 4.44. The van der Waals surface area contributed by atoms with Gasteiger partial charge in [-0.05, 0) is 26.8 Å². The van der Waals surface area contributed by atoms with Crippen LogP contribution in [0, 0.1) is 0 Å². The van der Waals surface area contributed by atoms with Crippen molar-refractivity contribution in [3.8, 4) is 0 Å². The lowest BCUT2D eigenvalue weighted by atomic mass is 10.2. The van der Waals surface area contributed by atoms with E-state index in [0.29, 0.717) is 10.7 Å². The predicted molar refractivity (Wildman–Crippen MR) is 58.8 cm³/mol. The minimum atomic E-state index is -0.548. The van der Waals surface area contributed by atoms with Crippen LogP contribution >= 0.6 is 11.6 Å². The van der Waals surface area contributed by atoms with Gasteiger partial charge in [-0.15, -0.1) is 0 Å². The molecular weight excluding hydrogens is 216 g/mol. The van der Waals surface area contributed by atoms with Gasteiger partial charge in [-0.3, -0.25) is 0 Å². The third-order valence-electron chi connectivity index (χ3n) is 1.49. The average molecular weight is 229 g/mol. The molecule has 0 unspecified atom stereocenters. The number of aromatic nitrogens is 1. The van der Waals surface area contributed by atoms with E-state index >= 15 is 0 Å².